The molecular formula is C21H22N6O2. The molecule has 4 aromatic rings. The van der Waals surface area contributed by atoms with Gasteiger partial charge in [-0.15, -0.1) is 15.3 Å². The number of aromatic nitrogens is 4. The Morgan fingerprint density at radius 2 is 2.03 bits per heavy atom. The van der Waals surface area contributed by atoms with Crippen molar-refractivity contribution >= 4 is 28.3 Å². The maximum Gasteiger partial charge on any atom is 0.223 e. The first-order chi connectivity index (χ1) is 14.2. The summed E-state index contributed by atoms with van der Waals surface area (Å²) in [5, 5.41) is 16.5. The van der Waals surface area contributed by atoms with Crippen LogP contribution < -0.4 is 10.2 Å². The zero-order valence-electron chi connectivity index (χ0n) is 16.2. The Morgan fingerprint density at radius 3 is 2.86 bits per heavy atom. The van der Waals surface area contributed by atoms with Crippen molar-refractivity contribution in [2.24, 2.45) is 5.92 Å². The lowest BCUT2D eigenvalue weighted by atomic mass is 9.95. The highest BCUT2D eigenvalue weighted by Crippen LogP contribution is 2.26. The molecule has 1 saturated heterocycles. The number of furan rings is 1. The maximum absolute atomic E-state index is 12.8. The summed E-state index contributed by atoms with van der Waals surface area (Å²) in [7, 11) is 0. The lowest BCUT2D eigenvalue weighted by Gasteiger charge is -2.32. The van der Waals surface area contributed by atoms with Gasteiger partial charge in [0.15, 0.2) is 5.65 Å². The molecule has 8 nitrogen and oxygen atoms in total. The summed E-state index contributed by atoms with van der Waals surface area (Å²) in [6.07, 6.45) is 3.18. The normalized spacial score (nSPS) is 16.4. The minimum atomic E-state index is -0.161. The number of para-hydroxylation sites is 1. The van der Waals surface area contributed by atoms with Gasteiger partial charge in [0, 0.05) is 24.4 Å². The zero-order valence-corrected chi connectivity index (χ0v) is 16.2. The SMILES string of the molecule is C[C@H](NC(=O)C1CCN(c2ccc3nncn3n2)CC1)c1cc2ccccc2o1. The van der Waals surface area contributed by atoms with Gasteiger partial charge in [-0.05, 0) is 44.0 Å². The predicted octanol–water partition coefficient (Wildman–Crippen LogP) is 2.96. The number of hydrogen-bond acceptors (Lipinski definition) is 6. The molecule has 1 fully saturated rings. The number of carbonyl (C=O) groups excluding carboxylic acids is 1. The fourth-order valence-corrected chi connectivity index (χ4v) is 3.88. The second kappa shape index (κ2) is 7.20. The molecule has 0 spiro atoms. The van der Waals surface area contributed by atoms with Gasteiger partial charge in [-0.25, -0.2) is 0 Å². The average Bonchev–Trinajstić information content (AvgIpc) is 3.40. The predicted molar refractivity (Wildman–Crippen MR) is 108 cm³/mol. The first kappa shape index (κ1) is 17.7. The zero-order chi connectivity index (χ0) is 19.8. The Morgan fingerprint density at radius 1 is 1.21 bits per heavy atom. The Hall–Kier alpha value is -3.42. The number of amides is 1. The van der Waals surface area contributed by atoms with Gasteiger partial charge in [0.2, 0.25) is 5.91 Å². The monoisotopic (exact) mass is 390 g/mol. The van der Waals surface area contributed by atoms with E-state index < -0.39 is 0 Å². The van der Waals surface area contributed by atoms with Gasteiger partial charge in [-0.1, -0.05) is 18.2 Å². The highest BCUT2D eigenvalue weighted by molar-refractivity contribution is 5.80. The van der Waals surface area contributed by atoms with Gasteiger partial charge in [-0.3, -0.25) is 4.79 Å². The van der Waals surface area contributed by atoms with Crippen LogP contribution in [0.25, 0.3) is 16.6 Å². The van der Waals surface area contributed by atoms with Gasteiger partial charge < -0.3 is 14.6 Å². The van der Waals surface area contributed by atoms with Crippen LogP contribution in [0.2, 0.25) is 0 Å². The number of piperidine rings is 1. The van der Waals surface area contributed by atoms with E-state index in [1.165, 1.54) is 0 Å². The Balaban J connectivity index is 1.20. The standard InChI is InChI=1S/C21H22N6O2/c1-14(18-12-16-4-2-3-5-17(16)29-18)23-21(28)15-8-10-26(11-9-15)20-7-6-19-24-22-13-27(19)25-20/h2-7,12-15H,8-11H2,1H3,(H,23,28)/t14-/m0/s1. The summed E-state index contributed by atoms with van der Waals surface area (Å²) in [6.45, 7) is 3.54. The quantitative estimate of drug-likeness (QED) is 0.576. The van der Waals surface area contributed by atoms with E-state index >= 15 is 0 Å². The summed E-state index contributed by atoms with van der Waals surface area (Å²) in [5.41, 5.74) is 1.57. The van der Waals surface area contributed by atoms with Crippen molar-refractivity contribution in [1.29, 1.82) is 0 Å². The Labute approximate surface area is 167 Å². The third-order valence-corrected chi connectivity index (χ3v) is 5.57. The lowest BCUT2D eigenvalue weighted by Crippen LogP contribution is -2.41. The van der Waals surface area contributed by atoms with E-state index in [1.807, 2.05) is 49.4 Å². The van der Waals surface area contributed by atoms with Gasteiger partial charge in [-0.2, -0.15) is 4.52 Å². The third-order valence-electron chi connectivity index (χ3n) is 5.57. The van der Waals surface area contributed by atoms with Gasteiger partial charge in [0.25, 0.3) is 0 Å². The van der Waals surface area contributed by atoms with Crippen molar-refractivity contribution in [3.05, 3.63) is 54.6 Å². The molecular weight excluding hydrogens is 368 g/mol. The number of fused-ring (bicyclic) bond motifs is 2. The number of rotatable bonds is 4. The smallest absolute Gasteiger partial charge is 0.223 e. The minimum Gasteiger partial charge on any atom is -0.459 e. The fourth-order valence-electron chi connectivity index (χ4n) is 3.88. The molecule has 29 heavy (non-hydrogen) atoms. The molecule has 1 aromatic carbocycles. The lowest BCUT2D eigenvalue weighted by molar-refractivity contribution is -0.126. The van der Waals surface area contributed by atoms with Crippen molar-refractivity contribution in [2.75, 3.05) is 18.0 Å². The summed E-state index contributed by atoms with van der Waals surface area (Å²) >= 11 is 0. The number of hydrogen-bond donors (Lipinski definition) is 1. The van der Waals surface area contributed by atoms with Crippen molar-refractivity contribution in [1.82, 2.24) is 25.1 Å². The molecule has 3 aromatic heterocycles. The summed E-state index contributed by atoms with van der Waals surface area (Å²) in [5.74, 6) is 1.74. The van der Waals surface area contributed by atoms with E-state index in [4.69, 9.17) is 4.42 Å². The number of anilines is 1. The van der Waals surface area contributed by atoms with E-state index in [9.17, 15) is 4.79 Å². The van der Waals surface area contributed by atoms with E-state index in [1.54, 1.807) is 10.8 Å². The first-order valence-corrected chi connectivity index (χ1v) is 9.88. The van der Waals surface area contributed by atoms with E-state index in [2.05, 4.69) is 25.5 Å². The van der Waals surface area contributed by atoms with E-state index in [0.29, 0.717) is 0 Å². The van der Waals surface area contributed by atoms with Gasteiger partial charge in [0.1, 0.15) is 23.5 Å². The molecule has 0 bridgehead atoms. The average molecular weight is 390 g/mol. The Kier molecular flexibility index (Phi) is 4.38. The van der Waals surface area contributed by atoms with Crippen molar-refractivity contribution in [3.8, 4) is 0 Å². The summed E-state index contributed by atoms with van der Waals surface area (Å²) < 4.78 is 7.55. The summed E-state index contributed by atoms with van der Waals surface area (Å²) in [4.78, 5) is 15.0. The number of nitrogens with one attached hydrogen (secondary N) is 1. The second-order valence-electron chi connectivity index (χ2n) is 7.50. The maximum atomic E-state index is 12.8. The second-order valence-corrected chi connectivity index (χ2v) is 7.50. The van der Waals surface area contributed by atoms with Gasteiger partial charge in [0.05, 0.1) is 6.04 Å². The molecule has 0 saturated carbocycles. The van der Waals surface area contributed by atoms with Crippen LogP contribution in [0.4, 0.5) is 5.82 Å². The molecule has 8 heteroatoms. The molecule has 1 aliphatic rings. The van der Waals surface area contributed by atoms with Crippen molar-refractivity contribution < 1.29 is 9.21 Å². The third kappa shape index (κ3) is 3.41. The highest BCUT2D eigenvalue weighted by atomic mass is 16.3. The van der Waals surface area contributed by atoms with Crippen LogP contribution in [-0.4, -0.2) is 38.8 Å². The summed E-state index contributed by atoms with van der Waals surface area (Å²) in [6, 6.07) is 13.6. The molecule has 4 heterocycles. The molecule has 1 amide bonds. The molecule has 0 radical (unpaired) electrons. The molecule has 148 valence electrons. The molecule has 0 aliphatic carbocycles. The first-order valence-electron chi connectivity index (χ1n) is 9.88. The van der Waals surface area contributed by atoms with Crippen LogP contribution in [0.3, 0.4) is 0 Å². The number of nitrogens with zero attached hydrogens (tertiary/aromatic N) is 5. The number of benzene rings is 1. The van der Waals surface area contributed by atoms with Crippen LogP contribution in [-0.2, 0) is 4.79 Å². The highest BCUT2D eigenvalue weighted by Gasteiger charge is 2.27. The van der Waals surface area contributed by atoms with Gasteiger partial charge >= 0.3 is 0 Å². The molecule has 5 rings (SSSR count). The van der Waals surface area contributed by atoms with Crippen LogP contribution in [0.15, 0.2) is 53.2 Å². The van der Waals surface area contributed by atoms with Crippen LogP contribution in [0, 0.1) is 5.92 Å². The number of carbonyl (C=O) groups is 1. The van der Waals surface area contributed by atoms with Crippen LogP contribution in [0.1, 0.15) is 31.6 Å². The minimum absolute atomic E-state index is 0.00304. The van der Waals surface area contributed by atoms with Crippen molar-refractivity contribution in [2.45, 2.75) is 25.8 Å². The van der Waals surface area contributed by atoms with Crippen LogP contribution >= 0.6 is 0 Å². The molecule has 1 N–H and O–H groups in total. The van der Waals surface area contributed by atoms with Crippen molar-refractivity contribution in [3.63, 3.8) is 0 Å². The van der Waals surface area contributed by atoms with Crippen LogP contribution in [0.5, 0.6) is 0 Å². The largest absolute Gasteiger partial charge is 0.459 e. The van der Waals surface area contributed by atoms with E-state index in [-0.39, 0.29) is 17.9 Å². The topological polar surface area (TPSA) is 88.6 Å². The molecule has 1 atom stereocenters. The molecule has 1 aliphatic heterocycles. The fraction of sp³-hybridized carbons (Fsp3) is 0.333. The Bertz CT molecular complexity index is 1130. The molecule has 0 unspecified atom stereocenters. The van der Waals surface area contributed by atoms with E-state index in [0.717, 1.165) is 54.1 Å².